The summed E-state index contributed by atoms with van der Waals surface area (Å²) in [6.45, 7) is 14.6. The summed E-state index contributed by atoms with van der Waals surface area (Å²) in [6.07, 6.45) is 2.52. The van der Waals surface area contributed by atoms with E-state index in [0.717, 1.165) is 25.0 Å². The zero-order chi connectivity index (χ0) is 14.6. The van der Waals surface area contributed by atoms with Gasteiger partial charge in [-0.2, -0.15) is 11.8 Å². The quantitative estimate of drug-likeness (QED) is 0.843. The number of hydrogen-bond donors (Lipinski definition) is 1. The number of thioether (sulfide) groups is 1. The first-order chi connectivity index (χ1) is 9.52. The summed E-state index contributed by atoms with van der Waals surface area (Å²) in [7, 11) is 0. The fourth-order valence-corrected chi connectivity index (χ4v) is 4.46. The van der Waals surface area contributed by atoms with Crippen molar-refractivity contribution >= 4 is 11.8 Å². The van der Waals surface area contributed by atoms with Gasteiger partial charge in [0.05, 0.1) is 6.61 Å². The summed E-state index contributed by atoms with van der Waals surface area (Å²) < 4.78 is 5.85. The molecule has 0 aromatic rings. The second kappa shape index (κ2) is 7.48. The standard InChI is InChI=1S/C16H32N2OS/c1-13(2)17-10-16(6-5-8-19-12-16)11-18-7-9-20-15(4)14(18)3/h13-15,17H,5-12H2,1-4H3. The van der Waals surface area contributed by atoms with Crippen molar-refractivity contribution in [2.75, 3.05) is 38.6 Å². The molecule has 0 aliphatic carbocycles. The van der Waals surface area contributed by atoms with Crippen LogP contribution < -0.4 is 5.32 Å². The van der Waals surface area contributed by atoms with Crippen LogP contribution in [0.4, 0.5) is 0 Å². The normalized spacial score (nSPS) is 36.5. The Morgan fingerprint density at radius 3 is 2.85 bits per heavy atom. The molecule has 118 valence electrons. The van der Waals surface area contributed by atoms with Crippen molar-refractivity contribution < 1.29 is 4.74 Å². The molecule has 0 bridgehead atoms. The average Bonchev–Trinajstić information content (AvgIpc) is 2.43. The molecular weight excluding hydrogens is 268 g/mol. The van der Waals surface area contributed by atoms with Crippen molar-refractivity contribution in [1.82, 2.24) is 10.2 Å². The SMILES string of the molecule is CC(C)NCC1(CN2CCSC(C)C2C)CCCOC1. The number of nitrogens with zero attached hydrogens (tertiary/aromatic N) is 1. The molecule has 20 heavy (non-hydrogen) atoms. The fraction of sp³-hybridized carbons (Fsp3) is 1.00. The molecule has 0 spiro atoms. The van der Waals surface area contributed by atoms with Crippen LogP contribution in [0.15, 0.2) is 0 Å². The molecule has 3 unspecified atom stereocenters. The molecular formula is C16H32N2OS. The number of hydrogen-bond acceptors (Lipinski definition) is 4. The van der Waals surface area contributed by atoms with Gasteiger partial charge in [0.2, 0.25) is 0 Å². The molecule has 3 atom stereocenters. The van der Waals surface area contributed by atoms with Crippen LogP contribution in [0.2, 0.25) is 0 Å². The maximum atomic E-state index is 5.85. The highest BCUT2D eigenvalue weighted by molar-refractivity contribution is 8.00. The van der Waals surface area contributed by atoms with E-state index in [9.17, 15) is 0 Å². The van der Waals surface area contributed by atoms with Crippen LogP contribution in [0, 0.1) is 5.41 Å². The zero-order valence-corrected chi connectivity index (χ0v) is 14.5. The van der Waals surface area contributed by atoms with Crippen molar-refractivity contribution in [2.45, 2.75) is 57.9 Å². The van der Waals surface area contributed by atoms with Gasteiger partial charge in [-0.15, -0.1) is 0 Å². The Morgan fingerprint density at radius 2 is 2.20 bits per heavy atom. The molecule has 2 aliphatic rings. The Labute approximate surface area is 129 Å². The molecule has 1 N–H and O–H groups in total. The van der Waals surface area contributed by atoms with Gasteiger partial charge in [-0.1, -0.05) is 20.8 Å². The molecule has 2 aliphatic heterocycles. The van der Waals surface area contributed by atoms with E-state index in [4.69, 9.17) is 4.74 Å². The van der Waals surface area contributed by atoms with E-state index in [1.54, 1.807) is 0 Å². The lowest BCUT2D eigenvalue weighted by Crippen LogP contribution is -2.55. The smallest absolute Gasteiger partial charge is 0.0546 e. The summed E-state index contributed by atoms with van der Waals surface area (Å²) in [5, 5.41) is 4.41. The highest BCUT2D eigenvalue weighted by atomic mass is 32.2. The number of rotatable bonds is 5. The summed E-state index contributed by atoms with van der Waals surface area (Å²) in [5.74, 6) is 1.28. The summed E-state index contributed by atoms with van der Waals surface area (Å²) >= 11 is 2.12. The minimum atomic E-state index is 0.318. The zero-order valence-electron chi connectivity index (χ0n) is 13.7. The lowest BCUT2D eigenvalue weighted by molar-refractivity contribution is -0.0321. The van der Waals surface area contributed by atoms with E-state index >= 15 is 0 Å². The minimum absolute atomic E-state index is 0.318. The second-order valence-electron chi connectivity index (χ2n) is 6.98. The van der Waals surface area contributed by atoms with Crippen LogP contribution in [0.3, 0.4) is 0 Å². The maximum absolute atomic E-state index is 5.85. The van der Waals surface area contributed by atoms with Gasteiger partial charge in [0.15, 0.2) is 0 Å². The van der Waals surface area contributed by atoms with Gasteiger partial charge in [0.1, 0.15) is 0 Å². The topological polar surface area (TPSA) is 24.5 Å². The monoisotopic (exact) mass is 300 g/mol. The van der Waals surface area contributed by atoms with Gasteiger partial charge >= 0.3 is 0 Å². The van der Waals surface area contributed by atoms with Gasteiger partial charge in [0.25, 0.3) is 0 Å². The molecule has 2 fully saturated rings. The lowest BCUT2D eigenvalue weighted by Gasteiger charge is -2.46. The lowest BCUT2D eigenvalue weighted by atomic mass is 9.81. The molecule has 0 amide bonds. The largest absolute Gasteiger partial charge is 0.381 e. The molecule has 4 heteroatoms. The molecule has 0 radical (unpaired) electrons. The molecule has 2 rings (SSSR count). The van der Waals surface area contributed by atoms with E-state index in [0.29, 0.717) is 17.5 Å². The van der Waals surface area contributed by atoms with E-state index in [1.165, 1.54) is 31.7 Å². The van der Waals surface area contributed by atoms with E-state index < -0.39 is 0 Å². The average molecular weight is 301 g/mol. The van der Waals surface area contributed by atoms with Crippen LogP contribution in [-0.4, -0.2) is 60.8 Å². The Hall–Kier alpha value is 0.230. The molecule has 2 heterocycles. The first-order valence-corrected chi connectivity index (χ1v) is 9.24. The van der Waals surface area contributed by atoms with Crippen molar-refractivity contribution in [3.63, 3.8) is 0 Å². The number of ether oxygens (including phenoxy) is 1. The second-order valence-corrected chi connectivity index (χ2v) is 8.46. The van der Waals surface area contributed by atoms with Crippen molar-refractivity contribution in [3.8, 4) is 0 Å². The van der Waals surface area contributed by atoms with Gasteiger partial charge in [0, 0.05) is 54.7 Å². The Morgan fingerprint density at radius 1 is 1.40 bits per heavy atom. The Bertz CT molecular complexity index is 292. The summed E-state index contributed by atoms with van der Waals surface area (Å²) in [5.41, 5.74) is 0.318. The van der Waals surface area contributed by atoms with E-state index in [-0.39, 0.29) is 0 Å². The van der Waals surface area contributed by atoms with Crippen molar-refractivity contribution in [2.24, 2.45) is 5.41 Å². The minimum Gasteiger partial charge on any atom is -0.381 e. The van der Waals surface area contributed by atoms with Gasteiger partial charge < -0.3 is 10.1 Å². The predicted molar refractivity (Wildman–Crippen MR) is 88.6 cm³/mol. The van der Waals surface area contributed by atoms with Crippen molar-refractivity contribution in [1.29, 1.82) is 0 Å². The molecule has 0 aromatic carbocycles. The van der Waals surface area contributed by atoms with Crippen molar-refractivity contribution in [3.05, 3.63) is 0 Å². The highest BCUT2D eigenvalue weighted by Crippen LogP contribution is 2.33. The molecule has 3 nitrogen and oxygen atoms in total. The Balaban J connectivity index is 1.99. The molecule has 2 saturated heterocycles. The van der Waals surface area contributed by atoms with Gasteiger partial charge in [-0.25, -0.2) is 0 Å². The molecule has 0 aromatic heterocycles. The first-order valence-electron chi connectivity index (χ1n) is 8.19. The first kappa shape index (κ1) is 16.6. The van der Waals surface area contributed by atoms with Gasteiger partial charge in [-0.05, 0) is 19.8 Å². The van der Waals surface area contributed by atoms with Crippen LogP contribution >= 0.6 is 11.8 Å². The van der Waals surface area contributed by atoms with Crippen LogP contribution in [0.5, 0.6) is 0 Å². The number of nitrogens with one attached hydrogen (secondary N) is 1. The third-order valence-corrected chi connectivity index (χ3v) is 6.18. The third-order valence-electron chi connectivity index (χ3n) is 4.84. The maximum Gasteiger partial charge on any atom is 0.0546 e. The highest BCUT2D eigenvalue weighted by Gasteiger charge is 2.37. The fourth-order valence-electron chi connectivity index (χ4n) is 3.30. The summed E-state index contributed by atoms with van der Waals surface area (Å²) in [4.78, 5) is 2.71. The van der Waals surface area contributed by atoms with Crippen LogP contribution in [-0.2, 0) is 4.74 Å². The molecule has 0 saturated carbocycles. The van der Waals surface area contributed by atoms with Crippen LogP contribution in [0.25, 0.3) is 0 Å². The summed E-state index contributed by atoms with van der Waals surface area (Å²) in [6, 6.07) is 1.24. The van der Waals surface area contributed by atoms with E-state index in [1.807, 2.05) is 0 Å². The van der Waals surface area contributed by atoms with E-state index in [2.05, 4.69) is 49.7 Å². The Kier molecular flexibility index (Phi) is 6.21. The predicted octanol–water partition coefficient (Wildman–Crippen LogP) is 2.61. The van der Waals surface area contributed by atoms with Gasteiger partial charge in [-0.3, -0.25) is 4.90 Å². The van der Waals surface area contributed by atoms with Crippen LogP contribution in [0.1, 0.15) is 40.5 Å². The third kappa shape index (κ3) is 4.36.